The van der Waals surface area contributed by atoms with Gasteiger partial charge in [-0.05, 0) is 31.4 Å². The van der Waals surface area contributed by atoms with Crippen LogP contribution in [0.2, 0.25) is 0 Å². The van der Waals surface area contributed by atoms with Crippen molar-refractivity contribution in [2.45, 2.75) is 25.3 Å². The van der Waals surface area contributed by atoms with Crippen LogP contribution in [0.1, 0.15) is 29.6 Å². The summed E-state index contributed by atoms with van der Waals surface area (Å²) in [5, 5.41) is 9.04. The molecule has 0 aliphatic heterocycles. The van der Waals surface area contributed by atoms with Crippen LogP contribution in [0.4, 0.5) is 4.39 Å². The van der Waals surface area contributed by atoms with Crippen molar-refractivity contribution in [3.8, 4) is 5.75 Å². The number of benzene rings is 1. The van der Waals surface area contributed by atoms with Crippen molar-refractivity contribution in [3.05, 3.63) is 29.6 Å². The van der Waals surface area contributed by atoms with E-state index in [1.54, 1.807) is 11.0 Å². The van der Waals surface area contributed by atoms with Crippen LogP contribution >= 0.6 is 0 Å². The second-order valence-corrected chi connectivity index (χ2v) is 4.65. The molecule has 4 nitrogen and oxygen atoms in total. The second-order valence-electron chi connectivity index (χ2n) is 4.65. The van der Waals surface area contributed by atoms with Crippen LogP contribution in [0, 0.1) is 5.82 Å². The Bertz CT molecular complexity index is 460. The molecule has 0 radical (unpaired) electrons. The third kappa shape index (κ3) is 2.87. The monoisotopic (exact) mass is 267 g/mol. The number of hydrogen-bond acceptors (Lipinski definition) is 3. The maximum absolute atomic E-state index is 13.9. The lowest BCUT2D eigenvalue weighted by Crippen LogP contribution is -2.45. The van der Waals surface area contributed by atoms with Crippen LogP contribution in [-0.2, 0) is 0 Å². The fraction of sp³-hybridized carbons (Fsp3) is 0.500. The molecule has 1 aliphatic rings. The van der Waals surface area contributed by atoms with E-state index in [1.165, 1.54) is 19.2 Å². The van der Waals surface area contributed by atoms with E-state index in [4.69, 9.17) is 9.84 Å². The van der Waals surface area contributed by atoms with Gasteiger partial charge in [-0.25, -0.2) is 4.39 Å². The predicted octanol–water partition coefficient (Wildman–Crippen LogP) is 1.82. The normalized spacial score (nSPS) is 14.9. The molecule has 1 fully saturated rings. The van der Waals surface area contributed by atoms with Crippen LogP contribution in [-0.4, -0.2) is 42.2 Å². The standard InChI is InChI=1S/C14H18FNO3/c1-19-11-5-6-12(13(15)9-11)14(18)16(7-8-17)10-3-2-4-10/h5-6,9-10,17H,2-4,7-8H2,1H3. The minimum absolute atomic E-state index is 0.0288. The summed E-state index contributed by atoms with van der Waals surface area (Å²) >= 11 is 0. The molecule has 1 saturated carbocycles. The summed E-state index contributed by atoms with van der Waals surface area (Å²) < 4.78 is 18.8. The molecule has 0 aromatic heterocycles. The zero-order valence-corrected chi connectivity index (χ0v) is 10.9. The molecular formula is C14H18FNO3. The highest BCUT2D eigenvalue weighted by atomic mass is 19.1. The Hall–Kier alpha value is -1.62. The van der Waals surface area contributed by atoms with Gasteiger partial charge in [-0.1, -0.05) is 0 Å². The van der Waals surface area contributed by atoms with E-state index in [-0.39, 0.29) is 30.7 Å². The lowest BCUT2D eigenvalue weighted by Gasteiger charge is -2.37. The summed E-state index contributed by atoms with van der Waals surface area (Å²) in [5.74, 6) is -0.572. The lowest BCUT2D eigenvalue weighted by molar-refractivity contribution is 0.0521. The van der Waals surface area contributed by atoms with Gasteiger partial charge >= 0.3 is 0 Å². The van der Waals surface area contributed by atoms with Gasteiger partial charge in [0.15, 0.2) is 0 Å². The first-order valence-electron chi connectivity index (χ1n) is 6.42. The van der Waals surface area contributed by atoms with Crippen LogP contribution in [0.15, 0.2) is 18.2 Å². The largest absolute Gasteiger partial charge is 0.497 e. The van der Waals surface area contributed by atoms with E-state index < -0.39 is 5.82 Å². The molecular weight excluding hydrogens is 249 g/mol. The fourth-order valence-corrected chi connectivity index (χ4v) is 2.21. The Morgan fingerprint density at radius 2 is 2.26 bits per heavy atom. The number of aliphatic hydroxyl groups excluding tert-OH is 1. The van der Waals surface area contributed by atoms with E-state index in [1.807, 2.05) is 0 Å². The van der Waals surface area contributed by atoms with Crippen molar-refractivity contribution in [1.29, 1.82) is 0 Å². The molecule has 1 amide bonds. The molecule has 0 spiro atoms. The Labute approximate surface area is 111 Å². The number of hydrogen-bond donors (Lipinski definition) is 1. The van der Waals surface area contributed by atoms with E-state index in [2.05, 4.69) is 0 Å². The van der Waals surface area contributed by atoms with Gasteiger partial charge in [0, 0.05) is 18.7 Å². The number of rotatable bonds is 5. The lowest BCUT2D eigenvalue weighted by atomic mass is 9.91. The number of halogens is 1. The third-order valence-corrected chi connectivity index (χ3v) is 3.52. The molecule has 0 unspecified atom stereocenters. The quantitative estimate of drug-likeness (QED) is 0.885. The van der Waals surface area contributed by atoms with Crippen molar-refractivity contribution < 1.29 is 19.0 Å². The van der Waals surface area contributed by atoms with Crippen LogP contribution in [0.3, 0.4) is 0 Å². The van der Waals surface area contributed by atoms with Crippen LogP contribution in [0.5, 0.6) is 5.75 Å². The summed E-state index contributed by atoms with van der Waals surface area (Å²) in [5.41, 5.74) is 0.0288. The van der Waals surface area contributed by atoms with Gasteiger partial charge in [-0.3, -0.25) is 4.79 Å². The van der Waals surface area contributed by atoms with E-state index in [0.29, 0.717) is 5.75 Å². The van der Waals surface area contributed by atoms with Gasteiger partial charge in [-0.15, -0.1) is 0 Å². The first-order valence-corrected chi connectivity index (χ1v) is 6.42. The summed E-state index contributed by atoms with van der Waals surface area (Å²) in [7, 11) is 1.45. The smallest absolute Gasteiger partial charge is 0.257 e. The summed E-state index contributed by atoms with van der Waals surface area (Å²) in [6.07, 6.45) is 2.91. The van der Waals surface area contributed by atoms with E-state index >= 15 is 0 Å². The fourth-order valence-electron chi connectivity index (χ4n) is 2.21. The number of aliphatic hydroxyl groups is 1. The van der Waals surface area contributed by atoms with Gasteiger partial charge in [0.25, 0.3) is 5.91 Å². The average Bonchev–Trinajstić information content (AvgIpc) is 2.35. The number of carbonyl (C=O) groups is 1. The summed E-state index contributed by atoms with van der Waals surface area (Å²) in [6, 6.07) is 4.32. The van der Waals surface area contributed by atoms with Crippen molar-refractivity contribution in [2.75, 3.05) is 20.3 Å². The van der Waals surface area contributed by atoms with Crippen molar-refractivity contribution in [3.63, 3.8) is 0 Å². The molecule has 1 aromatic carbocycles. The Morgan fingerprint density at radius 3 is 2.74 bits per heavy atom. The predicted molar refractivity (Wildman–Crippen MR) is 68.7 cm³/mol. The Kier molecular flexibility index (Phi) is 4.37. The average molecular weight is 267 g/mol. The number of amides is 1. The molecule has 1 aliphatic carbocycles. The highest BCUT2D eigenvalue weighted by molar-refractivity contribution is 5.95. The molecule has 2 rings (SSSR count). The van der Waals surface area contributed by atoms with Crippen molar-refractivity contribution in [1.82, 2.24) is 4.90 Å². The van der Waals surface area contributed by atoms with Gasteiger partial charge in [0.1, 0.15) is 11.6 Å². The maximum atomic E-state index is 13.9. The minimum Gasteiger partial charge on any atom is -0.497 e. The third-order valence-electron chi connectivity index (χ3n) is 3.52. The molecule has 1 aromatic rings. The van der Waals surface area contributed by atoms with Crippen molar-refractivity contribution in [2.24, 2.45) is 0 Å². The summed E-state index contributed by atoms with van der Waals surface area (Å²) in [4.78, 5) is 13.9. The molecule has 19 heavy (non-hydrogen) atoms. The van der Waals surface area contributed by atoms with Crippen LogP contribution in [0.25, 0.3) is 0 Å². The van der Waals surface area contributed by atoms with Gasteiger partial charge < -0.3 is 14.7 Å². The van der Waals surface area contributed by atoms with Gasteiger partial charge in [-0.2, -0.15) is 0 Å². The highest BCUT2D eigenvalue weighted by Gasteiger charge is 2.30. The van der Waals surface area contributed by atoms with Gasteiger partial charge in [0.2, 0.25) is 0 Å². The minimum atomic E-state index is -0.591. The molecule has 0 bridgehead atoms. The van der Waals surface area contributed by atoms with Crippen molar-refractivity contribution >= 4 is 5.91 Å². The number of nitrogens with zero attached hydrogens (tertiary/aromatic N) is 1. The van der Waals surface area contributed by atoms with E-state index in [9.17, 15) is 9.18 Å². The highest BCUT2D eigenvalue weighted by Crippen LogP contribution is 2.27. The molecule has 0 atom stereocenters. The maximum Gasteiger partial charge on any atom is 0.257 e. The molecule has 104 valence electrons. The molecule has 0 heterocycles. The molecule has 0 saturated heterocycles. The van der Waals surface area contributed by atoms with Crippen LogP contribution < -0.4 is 4.74 Å². The second kappa shape index (κ2) is 6.02. The first kappa shape index (κ1) is 13.8. The zero-order valence-electron chi connectivity index (χ0n) is 10.9. The van der Waals surface area contributed by atoms with Gasteiger partial charge in [0.05, 0.1) is 19.3 Å². The first-order chi connectivity index (χ1) is 9.17. The number of methoxy groups -OCH3 is 1. The topological polar surface area (TPSA) is 49.8 Å². The Balaban J connectivity index is 2.20. The Morgan fingerprint density at radius 1 is 1.53 bits per heavy atom. The van der Waals surface area contributed by atoms with E-state index in [0.717, 1.165) is 19.3 Å². The summed E-state index contributed by atoms with van der Waals surface area (Å²) in [6.45, 7) is 0.134. The molecule has 1 N–H and O–H groups in total. The zero-order chi connectivity index (χ0) is 13.8. The molecule has 5 heteroatoms. The number of carbonyl (C=O) groups excluding carboxylic acids is 1. The number of ether oxygens (including phenoxy) is 1. The SMILES string of the molecule is COc1ccc(C(=O)N(CCO)C2CCC2)c(F)c1.